The molecule has 4 N–H and O–H groups in total. The third kappa shape index (κ3) is 4.17. The van der Waals surface area contributed by atoms with Gasteiger partial charge in [-0.15, -0.1) is 0 Å². The summed E-state index contributed by atoms with van der Waals surface area (Å²) < 4.78 is 27.2. The maximum absolute atomic E-state index is 11.7. The lowest BCUT2D eigenvalue weighted by Crippen LogP contribution is -2.34. The number of rotatable bonds is 4. The first-order valence-corrected chi connectivity index (χ1v) is 7.65. The Morgan fingerprint density at radius 1 is 1.09 bits per heavy atom. The molecule has 0 saturated heterocycles. The van der Waals surface area contributed by atoms with Crippen LogP contribution in [0.2, 0.25) is 0 Å². The minimum atomic E-state index is -3.80. The number of primary sulfonamides is 1. The van der Waals surface area contributed by atoms with Gasteiger partial charge in [-0.25, -0.2) is 13.6 Å². The summed E-state index contributed by atoms with van der Waals surface area (Å²) >= 11 is 0. The number of nitrogens with one attached hydrogen (secondary N) is 2. The van der Waals surface area contributed by atoms with Gasteiger partial charge in [0.1, 0.15) is 5.76 Å². The Kier molecular flexibility index (Phi) is 4.59. The third-order valence-electron chi connectivity index (χ3n) is 2.65. The van der Waals surface area contributed by atoms with Crippen LogP contribution in [0.3, 0.4) is 0 Å². The van der Waals surface area contributed by atoms with Gasteiger partial charge >= 0.3 is 11.8 Å². The van der Waals surface area contributed by atoms with Crippen LogP contribution < -0.4 is 15.8 Å². The van der Waals surface area contributed by atoms with Gasteiger partial charge in [0.2, 0.25) is 10.0 Å². The number of hydrogen-bond acceptors (Lipinski definition) is 5. The SMILES string of the molecule is NS(=O)(=O)c1ccc(NC(=O)C(=O)NCc2ccco2)cc1. The van der Waals surface area contributed by atoms with Crippen molar-refractivity contribution in [3.05, 3.63) is 48.4 Å². The molecule has 116 valence electrons. The molecule has 0 unspecified atom stereocenters. The quantitative estimate of drug-likeness (QED) is 0.691. The molecule has 1 aromatic carbocycles. The van der Waals surface area contributed by atoms with Gasteiger partial charge in [-0.1, -0.05) is 0 Å². The molecule has 2 amide bonds. The van der Waals surface area contributed by atoms with Gasteiger partial charge in [0.15, 0.2) is 0 Å². The molecule has 1 heterocycles. The summed E-state index contributed by atoms with van der Waals surface area (Å²) in [7, 11) is -3.80. The summed E-state index contributed by atoms with van der Waals surface area (Å²) in [4.78, 5) is 23.2. The first kappa shape index (κ1) is 15.7. The standard InChI is InChI=1S/C13H13N3O5S/c14-22(19,20)11-5-3-9(4-6-11)16-13(18)12(17)15-8-10-2-1-7-21-10/h1-7H,8H2,(H,15,17)(H,16,18)(H2,14,19,20). The summed E-state index contributed by atoms with van der Waals surface area (Å²) in [5.74, 6) is -1.21. The second kappa shape index (κ2) is 6.41. The van der Waals surface area contributed by atoms with Gasteiger partial charge in [0.25, 0.3) is 0 Å². The van der Waals surface area contributed by atoms with Gasteiger partial charge in [-0.2, -0.15) is 0 Å². The highest BCUT2D eigenvalue weighted by atomic mass is 32.2. The van der Waals surface area contributed by atoms with Crippen molar-refractivity contribution in [1.82, 2.24) is 5.32 Å². The molecule has 0 aliphatic carbocycles. The van der Waals surface area contributed by atoms with E-state index < -0.39 is 21.8 Å². The van der Waals surface area contributed by atoms with Crippen LogP contribution in [0.1, 0.15) is 5.76 Å². The molecule has 0 aliphatic rings. The van der Waals surface area contributed by atoms with Gasteiger partial charge < -0.3 is 15.1 Å². The van der Waals surface area contributed by atoms with E-state index in [9.17, 15) is 18.0 Å². The van der Waals surface area contributed by atoms with E-state index >= 15 is 0 Å². The van der Waals surface area contributed by atoms with E-state index in [0.29, 0.717) is 5.76 Å². The fraction of sp³-hybridized carbons (Fsp3) is 0.0769. The second-order valence-corrected chi connectivity index (χ2v) is 5.85. The normalized spacial score (nSPS) is 11.0. The summed E-state index contributed by atoms with van der Waals surface area (Å²) in [6, 6.07) is 8.44. The zero-order valence-corrected chi connectivity index (χ0v) is 12.1. The molecule has 0 bridgehead atoms. The molecular formula is C13H13N3O5S. The molecule has 22 heavy (non-hydrogen) atoms. The van der Waals surface area contributed by atoms with Crippen molar-refractivity contribution in [3.8, 4) is 0 Å². The van der Waals surface area contributed by atoms with Gasteiger partial charge in [0, 0.05) is 5.69 Å². The highest BCUT2D eigenvalue weighted by Gasteiger charge is 2.14. The Hall–Kier alpha value is -2.65. The van der Waals surface area contributed by atoms with Crippen molar-refractivity contribution in [2.75, 3.05) is 5.32 Å². The van der Waals surface area contributed by atoms with Crippen LogP contribution in [0.25, 0.3) is 0 Å². The Labute approximate surface area is 126 Å². The van der Waals surface area contributed by atoms with Crippen molar-refractivity contribution >= 4 is 27.5 Å². The topological polar surface area (TPSA) is 132 Å². The number of amides is 2. The smallest absolute Gasteiger partial charge is 0.313 e. The van der Waals surface area contributed by atoms with E-state index in [4.69, 9.17) is 9.56 Å². The molecule has 9 heteroatoms. The lowest BCUT2D eigenvalue weighted by Gasteiger charge is -2.06. The number of sulfonamides is 1. The van der Waals surface area contributed by atoms with Crippen LogP contribution in [0.5, 0.6) is 0 Å². The van der Waals surface area contributed by atoms with Crippen LogP contribution in [0.15, 0.2) is 52.0 Å². The maximum atomic E-state index is 11.7. The minimum Gasteiger partial charge on any atom is -0.467 e. The Bertz CT molecular complexity index is 767. The fourth-order valence-electron chi connectivity index (χ4n) is 1.58. The number of furan rings is 1. The van der Waals surface area contributed by atoms with Crippen LogP contribution in [0.4, 0.5) is 5.69 Å². The lowest BCUT2D eigenvalue weighted by atomic mass is 10.3. The molecule has 2 aromatic rings. The average molecular weight is 323 g/mol. The number of carbonyl (C=O) groups is 2. The van der Waals surface area contributed by atoms with Crippen molar-refractivity contribution in [3.63, 3.8) is 0 Å². The molecule has 0 spiro atoms. The van der Waals surface area contributed by atoms with E-state index in [1.807, 2.05) is 0 Å². The van der Waals surface area contributed by atoms with Crippen LogP contribution in [-0.2, 0) is 26.2 Å². The average Bonchev–Trinajstić information content (AvgIpc) is 2.97. The zero-order valence-electron chi connectivity index (χ0n) is 11.3. The summed E-state index contributed by atoms with van der Waals surface area (Å²) in [6.07, 6.45) is 1.45. The highest BCUT2D eigenvalue weighted by Crippen LogP contribution is 2.12. The van der Waals surface area contributed by atoms with Gasteiger partial charge in [-0.3, -0.25) is 9.59 Å². The van der Waals surface area contributed by atoms with Crippen LogP contribution in [0, 0.1) is 0 Å². The number of benzene rings is 1. The number of hydrogen-bond donors (Lipinski definition) is 3. The van der Waals surface area contributed by atoms with E-state index in [0.717, 1.165) is 0 Å². The Balaban J connectivity index is 1.92. The van der Waals surface area contributed by atoms with Gasteiger partial charge in [-0.05, 0) is 36.4 Å². The first-order chi connectivity index (χ1) is 10.4. The summed E-state index contributed by atoms with van der Waals surface area (Å²) in [6.45, 7) is 0.0869. The predicted octanol–water partition coefficient (Wildman–Crippen LogP) is 0.182. The molecule has 0 radical (unpaired) electrons. The van der Waals surface area contributed by atoms with E-state index in [-0.39, 0.29) is 17.1 Å². The summed E-state index contributed by atoms with van der Waals surface area (Å²) in [5, 5.41) is 9.67. The van der Waals surface area contributed by atoms with Crippen LogP contribution in [-0.4, -0.2) is 20.2 Å². The molecule has 0 saturated carbocycles. The largest absolute Gasteiger partial charge is 0.467 e. The molecule has 0 fully saturated rings. The first-order valence-electron chi connectivity index (χ1n) is 6.11. The molecule has 8 nitrogen and oxygen atoms in total. The second-order valence-electron chi connectivity index (χ2n) is 4.29. The van der Waals surface area contributed by atoms with Crippen molar-refractivity contribution in [1.29, 1.82) is 0 Å². The fourth-order valence-corrected chi connectivity index (χ4v) is 2.09. The molecule has 0 atom stereocenters. The highest BCUT2D eigenvalue weighted by molar-refractivity contribution is 7.89. The Morgan fingerprint density at radius 3 is 2.32 bits per heavy atom. The molecule has 1 aromatic heterocycles. The number of nitrogens with two attached hydrogens (primary N) is 1. The van der Waals surface area contributed by atoms with E-state index in [2.05, 4.69) is 10.6 Å². The molecule has 0 aliphatic heterocycles. The zero-order chi connectivity index (χ0) is 16.2. The monoisotopic (exact) mass is 323 g/mol. The lowest BCUT2D eigenvalue weighted by molar-refractivity contribution is -0.136. The number of anilines is 1. The predicted molar refractivity (Wildman–Crippen MR) is 77.0 cm³/mol. The van der Waals surface area contributed by atoms with Gasteiger partial charge in [0.05, 0.1) is 17.7 Å². The third-order valence-corrected chi connectivity index (χ3v) is 3.58. The molecule has 2 rings (SSSR count). The van der Waals surface area contributed by atoms with Crippen molar-refractivity contribution in [2.45, 2.75) is 11.4 Å². The molecular weight excluding hydrogens is 310 g/mol. The number of carbonyl (C=O) groups excluding carboxylic acids is 2. The Morgan fingerprint density at radius 2 is 1.77 bits per heavy atom. The minimum absolute atomic E-state index is 0.0869. The van der Waals surface area contributed by atoms with Crippen LogP contribution >= 0.6 is 0 Å². The van der Waals surface area contributed by atoms with E-state index in [1.54, 1.807) is 12.1 Å². The van der Waals surface area contributed by atoms with Crippen molar-refractivity contribution < 1.29 is 22.4 Å². The van der Waals surface area contributed by atoms with E-state index in [1.165, 1.54) is 30.5 Å². The summed E-state index contributed by atoms with van der Waals surface area (Å²) in [5.41, 5.74) is 0.269. The maximum Gasteiger partial charge on any atom is 0.313 e. The van der Waals surface area contributed by atoms with Crippen molar-refractivity contribution in [2.24, 2.45) is 5.14 Å².